The number of carbonyl (C=O) groups excluding carboxylic acids is 2. The fraction of sp³-hybridized carbons (Fsp3) is 0.423. The molecule has 1 N–H and O–H groups in total. The standard InChI is InChI=1S/C26H24F4N5O3/c27-21-10-17(13-31)6-9-22(21)33-15-23(36)34(14-16-4-7-18(8-5-16)26(28,29)30)25(24(33)37)11-20(12-25)35(38)32-19-2-1-3-19/h4-10,19-20H,1-3,11-12,14-15H2,(H,32,38)/q+1. The summed E-state index contributed by atoms with van der Waals surface area (Å²) in [5.74, 6) is -1.96. The number of hydrogen-bond acceptors (Lipinski definition) is 4. The molecule has 1 aliphatic heterocycles. The van der Waals surface area contributed by atoms with Crippen molar-refractivity contribution in [2.24, 2.45) is 0 Å². The van der Waals surface area contributed by atoms with Crippen LogP contribution >= 0.6 is 0 Å². The van der Waals surface area contributed by atoms with Gasteiger partial charge in [-0.3, -0.25) is 14.5 Å². The topological polar surface area (TPSA) is 96.5 Å². The van der Waals surface area contributed by atoms with Crippen LogP contribution in [0.2, 0.25) is 0 Å². The van der Waals surface area contributed by atoms with Crippen LogP contribution in [0.25, 0.3) is 0 Å². The number of nitrogens with one attached hydrogen (secondary N) is 1. The van der Waals surface area contributed by atoms with E-state index in [9.17, 15) is 32.1 Å². The molecular weight excluding hydrogens is 506 g/mol. The van der Waals surface area contributed by atoms with Gasteiger partial charge in [0.05, 0.1) is 33.8 Å². The van der Waals surface area contributed by atoms with E-state index in [0.29, 0.717) is 10.4 Å². The zero-order chi connectivity index (χ0) is 27.2. The van der Waals surface area contributed by atoms with E-state index in [1.165, 1.54) is 29.2 Å². The van der Waals surface area contributed by atoms with Gasteiger partial charge < -0.3 is 4.90 Å². The van der Waals surface area contributed by atoms with Crippen LogP contribution in [-0.4, -0.2) is 45.8 Å². The minimum Gasteiger partial charge on any atom is -0.322 e. The Morgan fingerprint density at radius 3 is 2.34 bits per heavy atom. The molecule has 8 nitrogen and oxygen atoms in total. The number of halogens is 4. The lowest BCUT2D eigenvalue weighted by Gasteiger charge is -2.54. The van der Waals surface area contributed by atoms with Gasteiger partial charge in [-0.2, -0.15) is 18.4 Å². The quantitative estimate of drug-likeness (QED) is 0.348. The lowest BCUT2D eigenvalue weighted by molar-refractivity contribution is -0.661. The number of hydrogen-bond donors (Lipinski definition) is 1. The van der Waals surface area contributed by atoms with Crippen LogP contribution < -0.4 is 10.3 Å². The SMILES string of the molecule is N#Cc1ccc(N2CC(=O)N(Cc3ccc(C(F)(F)F)cc3)C3(CC([N+](=O)NC4CCC4)C3)C2=O)c(F)c1. The van der Waals surface area contributed by atoms with Gasteiger partial charge >= 0.3 is 6.18 Å². The van der Waals surface area contributed by atoms with Gasteiger partial charge in [0.2, 0.25) is 11.9 Å². The third kappa shape index (κ3) is 4.46. The fourth-order valence-electron chi connectivity index (χ4n) is 5.21. The smallest absolute Gasteiger partial charge is 0.322 e. The Morgan fingerprint density at radius 1 is 1.11 bits per heavy atom. The number of piperazine rings is 1. The predicted molar refractivity (Wildman–Crippen MR) is 126 cm³/mol. The highest BCUT2D eigenvalue weighted by Crippen LogP contribution is 2.45. The molecule has 3 aliphatic rings. The van der Waals surface area contributed by atoms with Crippen LogP contribution in [0.5, 0.6) is 0 Å². The van der Waals surface area contributed by atoms with E-state index in [4.69, 9.17) is 5.26 Å². The zero-order valence-corrected chi connectivity index (χ0v) is 20.2. The van der Waals surface area contributed by atoms with E-state index >= 15 is 0 Å². The van der Waals surface area contributed by atoms with Crippen molar-refractivity contribution in [1.29, 1.82) is 5.26 Å². The van der Waals surface area contributed by atoms with Gasteiger partial charge in [0.15, 0.2) is 0 Å². The molecule has 2 aliphatic carbocycles. The number of alkyl halides is 3. The summed E-state index contributed by atoms with van der Waals surface area (Å²) in [5, 5.41) is 9.03. The molecular formula is C26H24F4N5O3+. The maximum atomic E-state index is 14.8. The normalized spacial score (nSPS) is 23.6. The first kappa shape index (κ1) is 25.6. The molecule has 1 heterocycles. The van der Waals surface area contributed by atoms with Crippen LogP contribution in [0.15, 0.2) is 42.5 Å². The molecule has 198 valence electrons. The second kappa shape index (κ2) is 9.38. The van der Waals surface area contributed by atoms with Crippen molar-refractivity contribution in [3.05, 3.63) is 69.9 Å². The molecule has 5 rings (SSSR count). The summed E-state index contributed by atoms with van der Waals surface area (Å²) in [4.78, 5) is 42.9. The van der Waals surface area contributed by atoms with Crippen molar-refractivity contribution in [2.75, 3.05) is 11.4 Å². The molecule has 0 atom stereocenters. The van der Waals surface area contributed by atoms with E-state index in [0.717, 1.165) is 42.4 Å². The molecule has 0 unspecified atom stereocenters. The third-order valence-electron chi connectivity index (χ3n) is 7.64. The van der Waals surface area contributed by atoms with Gasteiger partial charge in [0, 0.05) is 19.4 Å². The molecule has 0 radical (unpaired) electrons. The Bertz CT molecular complexity index is 1330. The second-order valence-corrected chi connectivity index (χ2v) is 10.0. The van der Waals surface area contributed by atoms with E-state index < -0.39 is 47.5 Å². The lowest BCUT2D eigenvalue weighted by atomic mass is 9.69. The Labute approximate surface area is 215 Å². The summed E-state index contributed by atoms with van der Waals surface area (Å²) in [6, 6.07) is 9.11. The molecule has 12 heteroatoms. The minimum atomic E-state index is -4.52. The summed E-state index contributed by atoms with van der Waals surface area (Å²) in [5.41, 5.74) is 0.832. The van der Waals surface area contributed by atoms with Crippen LogP contribution in [0.3, 0.4) is 0 Å². The van der Waals surface area contributed by atoms with Gasteiger partial charge in [-0.25, -0.2) is 4.39 Å². The highest BCUT2D eigenvalue weighted by atomic mass is 19.4. The summed E-state index contributed by atoms with van der Waals surface area (Å²) in [7, 11) is 0. The molecule has 0 aromatic heterocycles. The molecule has 1 saturated heterocycles. The summed E-state index contributed by atoms with van der Waals surface area (Å²) < 4.78 is 53.8. The molecule has 38 heavy (non-hydrogen) atoms. The van der Waals surface area contributed by atoms with Crippen molar-refractivity contribution in [3.63, 3.8) is 0 Å². The zero-order valence-electron chi connectivity index (χ0n) is 20.2. The van der Waals surface area contributed by atoms with E-state index in [1.54, 1.807) is 0 Å². The fourth-order valence-corrected chi connectivity index (χ4v) is 5.21. The van der Waals surface area contributed by atoms with Crippen LogP contribution in [0.4, 0.5) is 23.2 Å². The molecule has 1 spiro atoms. The van der Waals surface area contributed by atoms with Gasteiger partial charge in [-0.1, -0.05) is 12.1 Å². The Hall–Kier alpha value is -4.01. The Morgan fingerprint density at radius 2 is 1.79 bits per heavy atom. The number of nitrogens with zero attached hydrogens (tertiary/aromatic N) is 4. The molecule has 3 fully saturated rings. The highest BCUT2D eigenvalue weighted by Gasteiger charge is 2.65. The predicted octanol–water partition coefficient (Wildman–Crippen LogP) is 3.83. The molecule has 2 aromatic carbocycles. The Kier molecular flexibility index (Phi) is 6.33. The number of anilines is 1. The minimum absolute atomic E-state index is 0.0180. The summed E-state index contributed by atoms with van der Waals surface area (Å²) in [6.45, 7) is -0.635. The number of amides is 2. The molecule has 2 amide bonds. The number of benzene rings is 2. The van der Waals surface area contributed by atoms with Crippen molar-refractivity contribution in [2.45, 2.75) is 62.4 Å². The first-order valence-electron chi connectivity index (χ1n) is 12.2. The highest BCUT2D eigenvalue weighted by molar-refractivity contribution is 6.09. The maximum absolute atomic E-state index is 14.8. The number of hydrazine groups is 1. The largest absolute Gasteiger partial charge is 0.416 e. The number of rotatable bonds is 6. The Balaban J connectivity index is 1.43. The first-order valence-corrected chi connectivity index (χ1v) is 12.2. The van der Waals surface area contributed by atoms with E-state index in [-0.39, 0.29) is 36.7 Å². The molecule has 0 bridgehead atoms. The maximum Gasteiger partial charge on any atom is 0.416 e. The van der Waals surface area contributed by atoms with Gasteiger partial charge in [0.25, 0.3) is 5.91 Å². The molecule has 2 aromatic rings. The number of nitroso groups, excluding NO2 is 1. The van der Waals surface area contributed by atoms with E-state index in [1.807, 2.05) is 6.07 Å². The van der Waals surface area contributed by atoms with Crippen molar-refractivity contribution < 1.29 is 32.0 Å². The average molecular weight is 531 g/mol. The monoisotopic (exact) mass is 530 g/mol. The summed E-state index contributed by atoms with van der Waals surface area (Å²) in [6.07, 6.45) is -1.82. The lowest BCUT2D eigenvalue weighted by Crippen LogP contribution is -2.75. The third-order valence-corrected chi connectivity index (χ3v) is 7.64. The van der Waals surface area contributed by atoms with E-state index in [2.05, 4.69) is 5.43 Å². The van der Waals surface area contributed by atoms with Crippen molar-refractivity contribution >= 4 is 17.5 Å². The number of carbonyl (C=O) groups is 2. The van der Waals surface area contributed by atoms with Gasteiger partial charge in [0.1, 0.15) is 22.8 Å². The second-order valence-electron chi connectivity index (χ2n) is 10.0. The molecule has 2 saturated carbocycles. The average Bonchev–Trinajstić information content (AvgIpc) is 2.82. The van der Waals surface area contributed by atoms with Gasteiger partial charge in [-0.05, 0) is 55.2 Å². The number of nitriles is 1. The van der Waals surface area contributed by atoms with Crippen LogP contribution in [-0.2, 0) is 22.3 Å². The van der Waals surface area contributed by atoms with Crippen LogP contribution in [0, 0.1) is 22.1 Å². The van der Waals surface area contributed by atoms with Gasteiger partial charge in [-0.15, -0.1) is 5.43 Å². The van der Waals surface area contributed by atoms with Crippen molar-refractivity contribution in [3.8, 4) is 6.07 Å². The van der Waals surface area contributed by atoms with Crippen LogP contribution in [0.1, 0.15) is 48.8 Å². The van der Waals surface area contributed by atoms with Crippen molar-refractivity contribution in [1.82, 2.24) is 10.3 Å². The first-order chi connectivity index (χ1) is 18.0. The summed E-state index contributed by atoms with van der Waals surface area (Å²) >= 11 is 0.